The number of aromatic nitrogens is 2. The second kappa shape index (κ2) is 7.95. The summed E-state index contributed by atoms with van der Waals surface area (Å²) in [6.45, 7) is 6.87. The molecule has 1 N–H and O–H groups in total. The zero-order valence-electron chi connectivity index (χ0n) is 15.2. The monoisotopic (exact) mass is 358 g/mol. The van der Waals surface area contributed by atoms with E-state index in [0.29, 0.717) is 32.5 Å². The number of hydrogen-bond acceptors (Lipinski definition) is 5. The van der Waals surface area contributed by atoms with Crippen LogP contribution in [0.1, 0.15) is 29.9 Å². The summed E-state index contributed by atoms with van der Waals surface area (Å²) in [5.74, 6) is 0.688. The van der Waals surface area contributed by atoms with Crippen LogP contribution in [-0.4, -0.2) is 69.0 Å². The van der Waals surface area contributed by atoms with Crippen LogP contribution in [-0.2, 0) is 22.4 Å². The lowest BCUT2D eigenvalue weighted by Crippen LogP contribution is -2.57. The maximum Gasteiger partial charge on any atom is 0.246 e. The molecule has 1 fully saturated rings. The Balaban J connectivity index is 1.67. The molecule has 140 valence electrons. The molecule has 2 aliphatic rings. The van der Waals surface area contributed by atoms with E-state index in [-0.39, 0.29) is 30.4 Å². The largest absolute Gasteiger partial charge is 0.396 e. The van der Waals surface area contributed by atoms with Crippen molar-refractivity contribution >= 4 is 11.8 Å². The molecule has 0 aromatic carbocycles. The summed E-state index contributed by atoms with van der Waals surface area (Å²) in [6.07, 6.45) is 5.85. The molecule has 2 amide bonds. The minimum absolute atomic E-state index is 0.0128. The zero-order chi connectivity index (χ0) is 18.7. The van der Waals surface area contributed by atoms with Crippen LogP contribution in [0.2, 0.25) is 0 Å². The van der Waals surface area contributed by atoms with Crippen LogP contribution in [0, 0.1) is 12.8 Å². The van der Waals surface area contributed by atoms with Crippen molar-refractivity contribution in [2.45, 2.75) is 38.6 Å². The van der Waals surface area contributed by atoms with Gasteiger partial charge < -0.3 is 14.9 Å². The molecule has 2 unspecified atom stereocenters. The average Bonchev–Trinajstić information content (AvgIpc) is 2.66. The van der Waals surface area contributed by atoms with Gasteiger partial charge in [0.1, 0.15) is 5.82 Å². The molecule has 7 heteroatoms. The van der Waals surface area contributed by atoms with E-state index in [1.165, 1.54) is 6.08 Å². The lowest BCUT2D eigenvalue weighted by atomic mass is 9.86. The topological polar surface area (TPSA) is 86.6 Å². The summed E-state index contributed by atoms with van der Waals surface area (Å²) >= 11 is 0. The summed E-state index contributed by atoms with van der Waals surface area (Å²) in [6, 6.07) is -0.162. The van der Waals surface area contributed by atoms with Crippen molar-refractivity contribution < 1.29 is 14.7 Å². The van der Waals surface area contributed by atoms with Crippen molar-refractivity contribution in [2.24, 2.45) is 5.92 Å². The molecule has 0 radical (unpaired) electrons. The van der Waals surface area contributed by atoms with Gasteiger partial charge in [-0.1, -0.05) is 6.58 Å². The third-order valence-electron chi connectivity index (χ3n) is 5.33. The van der Waals surface area contributed by atoms with Crippen molar-refractivity contribution in [1.29, 1.82) is 0 Å². The molecule has 2 heterocycles. The molecule has 7 nitrogen and oxygen atoms in total. The van der Waals surface area contributed by atoms with E-state index >= 15 is 0 Å². The third kappa shape index (κ3) is 3.77. The van der Waals surface area contributed by atoms with Gasteiger partial charge in [-0.05, 0) is 44.2 Å². The van der Waals surface area contributed by atoms with E-state index in [1.54, 1.807) is 4.90 Å². The van der Waals surface area contributed by atoms with E-state index in [1.807, 2.05) is 18.0 Å². The molecular formula is C19H26N4O3. The number of fused-ring (bicyclic) bond motifs is 1. The predicted octanol–water partition coefficient (Wildman–Crippen LogP) is 0.498. The van der Waals surface area contributed by atoms with E-state index in [2.05, 4.69) is 16.5 Å². The molecule has 0 bridgehead atoms. The van der Waals surface area contributed by atoms with Gasteiger partial charge in [-0.3, -0.25) is 9.59 Å². The molecule has 26 heavy (non-hydrogen) atoms. The third-order valence-corrected chi connectivity index (χ3v) is 5.33. The van der Waals surface area contributed by atoms with Gasteiger partial charge in [0.15, 0.2) is 0 Å². The van der Waals surface area contributed by atoms with Crippen LogP contribution in [0.15, 0.2) is 18.9 Å². The van der Waals surface area contributed by atoms with Gasteiger partial charge in [0, 0.05) is 44.0 Å². The smallest absolute Gasteiger partial charge is 0.246 e. The van der Waals surface area contributed by atoms with Crippen molar-refractivity contribution in [1.82, 2.24) is 19.8 Å². The molecule has 1 aliphatic heterocycles. The number of aryl methyl sites for hydroxylation is 2. The second-order valence-corrected chi connectivity index (χ2v) is 7.01. The number of carbonyl (C=O) groups is 2. The molecular weight excluding hydrogens is 332 g/mol. The van der Waals surface area contributed by atoms with E-state index in [9.17, 15) is 14.7 Å². The van der Waals surface area contributed by atoms with Crippen molar-refractivity contribution in [3.05, 3.63) is 35.9 Å². The van der Waals surface area contributed by atoms with E-state index < -0.39 is 0 Å². The SMILES string of the molecule is C=CC(=O)N1CCN(C(=O)C2CCc3nc(C)ncc3C2)CC1CCO. The Hall–Kier alpha value is -2.28. The quantitative estimate of drug-likeness (QED) is 0.792. The first kappa shape index (κ1) is 18.5. The summed E-state index contributed by atoms with van der Waals surface area (Å²) in [7, 11) is 0. The highest BCUT2D eigenvalue weighted by molar-refractivity contribution is 5.87. The Morgan fingerprint density at radius 2 is 2.23 bits per heavy atom. The minimum Gasteiger partial charge on any atom is -0.396 e. The highest BCUT2D eigenvalue weighted by atomic mass is 16.3. The van der Waals surface area contributed by atoms with Gasteiger partial charge in [0.25, 0.3) is 0 Å². The first-order valence-electron chi connectivity index (χ1n) is 9.17. The predicted molar refractivity (Wildman–Crippen MR) is 96.3 cm³/mol. The first-order valence-corrected chi connectivity index (χ1v) is 9.17. The fourth-order valence-corrected chi connectivity index (χ4v) is 3.94. The molecule has 1 aliphatic carbocycles. The Morgan fingerprint density at radius 3 is 2.96 bits per heavy atom. The van der Waals surface area contributed by atoms with Crippen molar-refractivity contribution in [3.8, 4) is 0 Å². The Bertz CT molecular complexity index is 706. The second-order valence-electron chi connectivity index (χ2n) is 7.01. The number of rotatable bonds is 4. The normalized spacial score (nSPS) is 22.7. The molecule has 3 rings (SSSR count). The Morgan fingerprint density at radius 1 is 1.42 bits per heavy atom. The number of carbonyl (C=O) groups excluding carboxylic acids is 2. The van der Waals surface area contributed by atoms with Crippen LogP contribution in [0.3, 0.4) is 0 Å². The summed E-state index contributed by atoms with van der Waals surface area (Å²) in [4.78, 5) is 37.3. The van der Waals surface area contributed by atoms with E-state index in [4.69, 9.17) is 0 Å². The number of hydrogen-bond donors (Lipinski definition) is 1. The van der Waals surface area contributed by atoms with Gasteiger partial charge in [0.05, 0.1) is 6.04 Å². The number of nitrogens with zero attached hydrogens (tertiary/aromatic N) is 4. The number of amides is 2. The van der Waals surface area contributed by atoms with Crippen LogP contribution in [0.5, 0.6) is 0 Å². The summed E-state index contributed by atoms with van der Waals surface area (Å²) in [5.41, 5.74) is 2.12. The highest BCUT2D eigenvalue weighted by Crippen LogP contribution is 2.26. The summed E-state index contributed by atoms with van der Waals surface area (Å²) < 4.78 is 0. The van der Waals surface area contributed by atoms with E-state index in [0.717, 1.165) is 29.9 Å². The maximum atomic E-state index is 13.0. The standard InChI is InChI=1S/C19H26N4O3/c1-3-18(25)23-8-7-22(12-16(23)6-9-24)19(26)14-4-5-17-15(10-14)11-20-13(2)21-17/h3,11,14,16,24H,1,4-10,12H2,2H3. The summed E-state index contributed by atoms with van der Waals surface area (Å²) in [5, 5.41) is 9.31. The number of aliphatic hydroxyl groups excluding tert-OH is 1. The molecule has 1 aromatic heterocycles. The lowest BCUT2D eigenvalue weighted by molar-refractivity contribution is -0.143. The van der Waals surface area contributed by atoms with Gasteiger partial charge in [-0.15, -0.1) is 0 Å². The minimum atomic E-state index is -0.162. The molecule has 0 saturated carbocycles. The molecule has 1 aromatic rings. The number of piperazine rings is 1. The molecule has 0 spiro atoms. The maximum absolute atomic E-state index is 13.0. The average molecular weight is 358 g/mol. The zero-order valence-corrected chi connectivity index (χ0v) is 15.2. The van der Waals surface area contributed by atoms with Crippen molar-refractivity contribution in [3.63, 3.8) is 0 Å². The van der Waals surface area contributed by atoms with Gasteiger partial charge >= 0.3 is 0 Å². The number of aliphatic hydroxyl groups is 1. The molecule has 1 saturated heterocycles. The van der Waals surface area contributed by atoms with Crippen molar-refractivity contribution in [2.75, 3.05) is 26.2 Å². The fraction of sp³-hybridized carbons (Fsp3) is 0.579. The van der Waals surface area contributed by atoms with Gasteiger partial charge in [-0.2, -0.15) is 0 Å². The van der Waals surface area contributed by atoms with Crippen LogP contribution in [0.25, 0.3) is 0 Å². The van der Waals surface area contributed by atoms with Crippen LogP contribution >= 0.6 is 0 Å². The Labute approximate surface area is 153 Å². The lowest BCUT2D eigenvalue weighted by Gasteiger charge is -2.42. The van der Waals surface area contributed by atoms with Gasteiger partial charge in [0.2, 0.25) is 11.8 Å². The van der Waals surface area contributed by atoms with Crippen LogP contribution < -0.4 is 0 Å². The van der Waals surface area contributed by atoms with Crippen LogP contribution in [0.4, 0.5) is 0 Å². The molecule has 2 atom stereocenters. The Kier molecular flexibility index (Phi) is 5.66. The fourth-order valence-electron chi connectivity index (χ4n) is 3.94. The van der Waals surface area contributed by atoms with Gasteiger partial charge in [-0.25, -0.2) is 9.97 Å². The first-order chi connectivity index (χ1) is 12.5. The highest BCUT2D eigenvalue weighted by Gasteiger charge is 2.35.